The molecule has 1 aliphatic rings. The number of methoxy groups -OCH3 is 1. The van der Waals surface area contributed by atoms with Crippen LogP contribution in [0.25, 0.3) is 0 Å². The normalized spacial score (nSPS) is 23.9. The summed E-state index contributed by atoms with van der Waals surface area (Å²) < 4.78 is 10.6. The van der Waals surface area contributed by atoms with Gasteiger partial charge in [0.15, 0.2) is 0 Å². The lowest BCUT2D eigenvalue weighted by Crippen LogP contribution is -2.51. The first-order chi connectivity index (χ1) is 8.94. The molecule has 2 atom stereocenters. The Labute approximate surface area is 116 Å². The third kappa shape index (κ3) is 6.36. The van der Waals surface area contributed by atoms with E-state index in [0.29, 0.717) is 19.2 Å². The van der Waals surface area contributed by atoms with Gasteiger partial charge >= 0.3 is 0 Å². The molecule has 19 heavy (non-hydrogen) atoms. The molecule has 0 spiro atoms. The summed E-state index contributed by atoms with van der Waals surface area (Å²) in [6.07, 6.45) is 2.75. The number of amides is 1. The summed E-state index contributed by atoms with van der Waals surface area (Å²) in [4.78, 5) is 11.9. The average Bonchev–Trinajstić information content (AvgIpc) is 2.33. The molecule has 0 aromatic carbocycles. The van der Waals surface area contributed by atoms with Gasteiger partial charge in [-0.15, -0.1) is 0 Å². The van der Waals surface area contributed by atoms with Crippen LogP contribution < -0.4 is 10.6 Å². The molecule has 0 aromatic heterocycles. The predicted octanol–water partition coefficient (Wildman–Crippen LogP) is 1.07. The second kappa shape index (κ2) is 7.82. The highest BCUT2D eigenvalue weighted by atomic mass is 16.5. The molecule has 1 aliphatic heterocycles. The summed E-state index contributed by atoms with van der Waals surface area (Å²) >= 11 is 0. The van der Waals surface area contributed by atoms with Gasteiger partial charge in [0.25, 0.3) is 0 Å². The molecule has 1 amide bonds. The van der Waals surface area contributed by atoms with E-state index in [2.05, 4.69) is 24.5 Å². The van der Waals surface area contributed by atoms with Gasteiger partial charge in [0.1, 0.15) is 0 Å². The fraction of sp³-hybridized carbons (Fsp3) is 0.929. The summed E-state index contributed by atoms with van der Waals surface area (Å²) in [6.45, 7) is 8.20. The number of nitrogens with one attached hydrogen (secondary N) is 2. The Hall–Kier alpha value is -0.650. The van der Waals surface area contributed by atoms with Gasteiger partial charge in [-0.3, -0.25) is 4.79 Å². The van der Waals surface area contributed by atoms with E-state index < -0.39 is 0 Å². The third-order valence-electron chi connectivity index (χ3n) is 3.40. The van der Waals surface area contributed by atoms with Crippen LogP contribution >= 0.6 is 0 Å². The molecule has 0 aromatic rings. The smallest absolute Gasteiger partial charge is 0.236 e. The van der Waals surface area contributed by atoms with E-state index in [-0.39, 0.29) is 17.6 Å². The van der Waals surface area contributed by atoms with E-state index in [1.807, 2.05) is 6.92 Å². The molecule has 5 nitrogen and oxygen atoms in total. The van der Waals surface area contributed by atoms with Crippen molar-refractivity contribution in [3.8, 4) is 0 Å². The molecular weight excluding hydrogens is 244 g/mol. The molecule has 2 unspecified atom stereocenters. The zero-order valence-electron chi connectivity index (χ0n) is 12.6. The number of rotatable bonds is 7. The fourth-order valence-electron chi connectivity index (χ4n) is 2.38. The van der Waals surface area contributed by atoms with Crippen molar-refractivity contribution in [3.05, 3.63) is 0 Å². The number of carbonyl (C=O) groups is 1. The molecule has 0 bridgehead atoms. The molecule has 0 radical (unpaired) electrons. The lowest BCUT2D eigenvalue weighted by molar-refractivity contribution is -0.123. The van der Waals surface area contributed by atoms with Crippen molar-refractivity contribution in [1.29, 1.82) is 0 Å². The Bertz CT molecular complexity index is 282. The van der Waals surface area contributed by atoms with Crippen LogP contribution in [0.1, 0.15) is 40.0 Å². The Balaban J connectivity index is 2.25. The number of ether oxygens (including phenoxy) is 2. The van der Waals surface area contributed by atoms with Crippen molar-refractivity contribution in [3.63, 3.8) is 0 Å². The minimum Gasteiger partial charge on any atom is -0.385 e. The van der Waals surface area contributed by atoms with Crippen molar-refractivity contribution in [2.75, 3.05) is 26.9 Å². The van der Waals surface area contributed by atoms with Crippen LogP contribution in [0, 0.1) is 0 Å². The topological polar surface area (TPSA) is 59.6 Å². The van der Waals surface area contributed by atoms with Crippen LogP contribution in [-0.2, 0) is 14.3 Å². The average molecular weight is 272 g/mol. The van der Waals surface area contributed by atoms with Crippen LogP contribution in [0.15, 0.2) is 0 Å². The lowest BCUT2D eigenvalue weighted by Gasteiger charge is -2.37. The van der Waals surface area contributed by atoms with Crippen LogP contribution in [-0.4, -0.2) is 50.5 Å². The molecule has 1 fully saturated rings. The first kappa shape index (κ1) is 16.4. The van der Waals surface area contributed by atoms with Crippen LogP contribution in [0.2, 0.25) is 0 Å². The van der Waals surface area contributed by atoms with E-state index in [1.165, 1.54) is 0 Å². The molecule has 112 valence electrons. The van der Waals surface area contributed by atoms with Gasteiger partial charge in [-0.25, -0.2) is 0 Å². The predicted molar refractivity (Wildman–Crippen MR) is 75.2 cm³/mol. The second-order valence-corrected chi connectivity index (χ2v) is 5.82. The van der Waals surface area contributed by atoms with Crippen LogP contribution in [0.4, 0.5) is 0 Å². The van der Waals surface area contributed by atoms with Crippen LogP contribution in [0.5, 0.6) is 0 Å². The monoisotopic (exact) mass is 272 g/mol. The maximum atomic E-state index is 11.9. The summed E-state index contributed by atoms with van der Waals surface area (Å²) in [6, 6.07) is 0.185. The summed E-state index contributed by atoms with van der Waals surface area (Å²) in [5.74, 6) is 0.0559. The zero-order valence-corrected chi connectivity index (χ0v) is 12.6. The highest BCUT2D eigenvalue weighted by molar-refractivity contribution is 5.81. The Kier molecular flexibility index (Phi) is 6.75. The Morgan fingerprint density at radius 3 is 2.89 bits per heavy atom. The van der Waals surface area contributed by atoms with Crippen molar-refractivity contribution < 1.29 is 14.3 Å². The number of carbonyl (C=O) groups excluding carboxylic acids is 1. The quantitative estimate of drug-likeness (QED) is 0.681. The van der Waals surface area contributed by atoms with Gasteiger partial charge in [-0.2, -0.15) is 0 Å². The summed E-state index contributed by atoms with van der Waals surface area (Å²) in [7, 11) is 1.67. The van der Waals surface area contributed by atoms with Gasteiger partial charge in [0, 0.05) is 32.9 Å². The van der Waals surface area contributed by atoms with Gasteiger partial charge < -0.3 is 20.1 Å². The van der Waals surface area contributed by atoms with E-state index in [4.69, 9.17) is 9.47 Å². The minimum atomic E-state index is -0.165. The fourth-order valence-corrected chi connectivity index (χ4v) is 2.38. The maximum Gasteiger partial charge on any atom is 0.236 e. The molecule has 1 saturated heterocycles. The molecule has 1 heterocycles. The van der Waals surface area contributed by atoms with Gasteiger partial charge in [-0.05, 0) is 40.0 Å². The van der Waals surface area contributed by atoms with Gasteiger partial charge in [-0.1, -0.05) is 0 Å². The number of hydrogen-bond donors (Lipinski definition) is 2. The van der Waals surface area contributed by atoms with Gasteiger partial charge in [0.05, 0.1) is 11.6 Å². The first-order valence-corrected chi connectivity index (χ1v) is 7.11. The zero-order chi connectivity index (χ0) is 14.3. The second-order valence-electron chi connectivity index (χ2n) is 5.82. The Morgan fingerprint density at radius 2 is 2.26 bits per heavy atom. The molecule has 0 aliphatic carbocycles. The molecule has 1 rings (SSSR count). The van der Waals surface area contributed by atoms with Crippen LogP contribution in [0.3, 0.4) is 0 Å². The lowest BCUT2D eigenvalue weighted by atomic mass is 9.93. The summed E-state index contributed by atoms with van der Waals surface area (Å²) in [5.41, 5.74) is -0.0927. The molecule has 5 heteroatoms. The summed E-state index contributed by atoms with van der Waals surface area (Å²) in [5, 5.41) is 6.31. The molecule has 0 saturated carbocycles. The largest absolute Gasteiger partial charge is 0.385 e. The van der Waals surface area contributed by atoms with Crippen molar-refractivity contribution in [2.24, 2.45) is 0 Å². The van der Waals surface area contributed by atoms with Crippen molar-refractivity contribution in [1.82, 2.24) is 10.6 Å². The first-order valence-electron chi connectivity index (χ1n) is 7.11. The number of hydrogen-bond acceptors (Lipinski definition) is 4. The van der Waals surface area contributed by atoms with E-state index in [0.717, 1.165) is 25.9 Å². The third-order valence-corrected chi connectivity index (χ3v) is 3.40. The van der Waals surface area contributed by atoms with E-state index >= 15 is 0 Å². The standard InChI is InChI=1S/C14H28N2O3/c1-11(13(17)15-7-5-8-18-4)16-12-6-9-19-14(2,3)10-12/h11-12,16H,5-10H2,1-4H3,(H,15,17). The van der Waals surface area contributed by atoms with Crippen molar-refractivity contribution in [2.45, 2.75) is 57.7 Å². The van der Waals surface area contributed by atoms with E-state index in [1.54, 1.807) is 7.11 Å². The highest BCUT2D eigenvalue weighted by Crippen LogP contribution is 2.24. The molecular formula is C14H28N2O3. The minimum absolute atomic E-state index is 0.0559. The Morgan fingerprint density at radius 1 is 1.53 bits per heavy atom. The van der Waals surface area contributed by atoms with Gasteiger partial charge in [0.2, 0.25) is 5.91 Å². The highest BCUT2D eigenvalue weighted by Gasteiger charge is 2.30. The maximum absolute atomic E-state index is 11.9. The molecule has 2 N–H and O–H groups in total. The van der Waals surface area contributed by atoms with E-state index in [9.17, 15) is 4.79 Å². The van der Waals surface area contributed by atoms with Crippen molar-refractivity contribution >= 4 is 5.91 Å². The SMILES string of the molecule is COCCCNC(=O)C(C)NC1CCOC(C)(C)C1.